The predicted molar refractivity (Wildman–Crippen MR) is 84.7 cm³/mol. The molecule has 1 aromatic carbocycles. The van der Waals surface area contributed by atoms with Crippen molar-refractivity contribution in [2.75, 3.05) is 31.1 Å². The molecule has 21 heavy (non-hydrogen) atoms. The van der Waals surface area contributed by atoms with Gasteiger partial charge in [0.25, 0.3) is 0 Å². The zero-order valence-electron chi connectivity index (χ0n) is 13.1. The molecule has 0 radical (unpaired) electrons. The van der Waals surface area contributed by atoms with Crippen LogP contribution in [0.4, 0.5) is 5.69 Å². The summed E-state index contributed by atoms with van der Waals surface area (Å²) in [5, 5.41) is 0. The van der Waals surface area contributed by atoms with Crippen molar-refractivity contribution in [3.63, 3.8) is 0 Å². The van der Waals surface area contributed by atoms with Gasteiger partial charge < -0.3 is 9.80 Å². The Kier molecular flexibility index (Phi) is 4.99. The number of anilines is 1. The van der Waals surface area contributed by atoms with Gasteiger partial charge in [-0.3, -0.25) is 9.59 Å². The maximum atomic E-state index is 12.0. The van der Waals surface area contributed by atoms with Gasteiger partial charge in [0.2, 0.25) is 5.91 Å². The van der Waals surface area contributed by atoms with E-state index >= 15 is 0 Å². The Bertz CT molecular complexity index is 500. The maximum Gasteiger partial charge on any atom is 0.222 e. The first-order chi connectivity index (χ1) is 9.97. The molecule has 1 saturated heterocycles. The fourth-order valence-corrected chi connectivity index (χ4v) is 2.60. The molecule has 0 aromatic heterocycles. The Balaban J connectivity index is 1.91. The van der Waals surface area contributed by atoms with E-state index in [2.05, 4.69) is 18.7 Å². The molecule has 0 N–H and O–H groups in total. The van der Waals surface area contributed by atoms with Crippen molar-refractivity contribution >= 4 is 17.4 Å². The Morgan fingerprint density at radius 3 is 2.10 bits per heavy atom. The normalized spacial score (nSPS) is 15.4. The zero-order valence-corrected chi connectivity index (χ0v) is 13.1. The Labute approximate surface area is 126 Å². The Morgan fingerprint density at radius 2 is 1.62 bits per heavy atom. The Hall–Kier alpha value is -1.84. The molecule has 1 aromatic rings. The number of piperazine rings is 1. The number of carbonyl (C=O) groups excluding carboxylic acids is 2. The molecule has 1 amide bonds. The summed E-state index contributed by atoms with van der Waals surface area (Å²) in [5.41, 5.74) is 1.86. The van der Waals surface area contributed by atoms with Gasteiger partial charge in [0.1, 0.15) is 0 Å². The summed E-state index contributed by atoms with van der Waals surface area (Å²) >= 11 is 0. The second kappa shape index (κ2) is 6.74. The summed E-state index contributed by atoms with van der Waals surface area (Å²) in [6.07, 6.45) is 0.632. The van der Waals surface area contributed by atoms with Crippen LogP contribution < -0.4 is 4.90 Å². The molecule has 0 aliphatic carbocycles. The van der Waals surface area contributed by atoms with E-state index in [1.807, 2.05) is 29.2 Å². The summed E-state index contributed by atoms with van der Waals surface area (Å²) in [7, 11) is 0. The van der Waals surface area contributed by atoms with Crippen molar-refractivity contribution < 1.29 is 9.59 Å². The maximum absolute atomic E-state index is 12.0. The van der Waals surface area contributed by atoms with Crippen LogP contribution in [0.25, 0.3) is 0 Å². The van der Waals surface area contributed by atoms with Gasteiger partial charge in [-0.1, -0.05) is 13.8 Å². The number of benzene rings is 1. The van der Waals surface area contributed by atoms with Crippen molar-refractivity contribution in [1.29, 1.82) is 0 Å². The number of rotatable bonds is 4. The average Bonchev–Trinajstić information content (AvgIpc) is 2.47. The lowest BCUT2D eigenvalue weighted by Crippen LogP contribution is -2.49. The van der Waals surface area contributed by atoms with Crippen LogP contribution in [0.15, 0.2) is 24.3 Å². The van der Waals surface area contributed by atoms with Gasteiger partial charge in [0.05, 0.1) is 0 Å². The number of hydrogen-bond acceptors (Lipinski definition) is 3. The molecule has 1 fully saturated rings. The van der Waals surface area contributed by atoms with E-state index in [4.69, 9.17) is 0 Å². The molecule has 0 unspecified atom stereocenters. The summed E-state index contributed by atoms with van der Waals surface area (Å²) in [6, 6.07) is 7.71. The summed E-state index contributed by atoms with van der Waals surface area (Å²) in [6.45, 7) is 8.98. The third kappa shape index (κ3) is 4.06. The predicted octanol–water partition coefficient (Wildman–Crippen LogP) is 2.58. The van der Waals surface area contributed by atoms with E-state index in [1.54, 1.807) is 6.92 Å². The highest BCUT2D eigenvalue weighted by molar-refractivity contribution is 5.94. The monoisotopic (exact) mass is 288 g/mol. The lowest BCUT2D eigenvalue weighted by Gasteiger charge is -2.36. The number of amides is 1. The third-order valence-corrected chi connectivity index (χ3v) is 3.85. The van der Waals surface area contributed by atoms with E-state index in [-0.39, 0.29) is 11.7 Å². The van der Waals surface area contributed by atoms with Gasteiger partial charge in [-0.05, 0) is 37.1 Å². The van der Waals surface area contributed by atoms with Crippen LogP contribution in [0.5, 0.6) is 0 Å². The van der Waals surface area contributed by atoms with Crippen LogP contribution in [0.1, 0.15) is 37.6 Å². The fraction of sp³-hybridized carbons (Fsp3) is 0.529. The first-order valence-electron chi connectivity index (χ1n) is 7.61. The molecule has 4 heteroatoms. The highest BCUT2D eigenvalue weighted by Crippen LogP contribution is 2.18. The molecule has 114 valence electrons. The van der Waals surface area contributed by atoms with Gasteiger partial charge in [0.15, 0.2) is 5.78 Å². The first kappa shape index (κ1) is 15.5. The van der Waals surface area contributed by atoms with Crippen molar-refractivity contribution in [3.8, 4) is 0 Å². The molecule has 1 aliphatic heterocycles. The zero-order chi connectivity index (χ0) is 15.4. The van der Waals surface area contributed by atoms with E-state index in [9.17, 15) is 9.59 Å². The highest BCUT2D eigenvalue weighted by atomic mass is 16.2. The van der Waals surface area contributed by atoms with Gasteiger partial charge in [0, 0.05) is 43.9 Å². The smallest absolute Gasteiger partial charge is 0.222 e. The quantitative estimate of drug-likeness (QED) is 0.800. The molecular weight excluding hydrogens is 264 g/mol. The highest BCUT2D eigenvalue weighted by Gasteiger charge is 2.21. The molecule has 0 atom stereocenters. The lowest BCUT2D eigenvalue weighted by atomic mass is 10.1. The molecule has 0 spiro atoms. The second-order valence-electron chi connectivity index (χ2n) is 6.07. The van der Waals surface area contributed by atoms with Crippen LogP contribution in [0.3, 0.4) is 0 Å². The number of nitrogens with zero attached hydrogens (tertiary/aromatic N) is 2. The van der Waals surface area contributed by atoms with Crippen LogP contribution in [0.2, 0.25) is 0 Å². The van der Waals surface area contributed by atoms with Crippen LogP contribution in [-0.4, -0.2) is 42.8 Å². The molecule has 4 nitrogen and oxygen atoms in total. The Morgan fingerprint density at radius 1 is 1.05 bits per heavy atom. The summed E-state index contributed by atoms with van der Waals surface area (Å²) < 4.78 is 0. The molecule has 1 heterocycles. The van der Waals surface area contributed by atoms with Crippen molar-refractivity contribution in [2.24, 2.45) is 5.92 Å². The third-order valence-electron chi connectivity index (χ3n) is 3.85. The molecular formula is C17H24N2O2. The first-order valence-corrected chi connectivity index (χ1v) is 7.61. The van der Waals surface area contributed by atoms with Gasteiger partial charge in [-0.2, -0.15) is 0 Å². The largest absolute Gasteiger partial charge is 0.368 e. The van der Waals surface area contributed by atoms with Gasteiger partial charge in [-0.15, -0.1) is 0 Å². The van der Waals surface area contributed by atoms with Crippen molar-refractivity contribution in [2.45, 2.75) is 27.2 Å². The molecule has 0 bridgehead atoms. The fourth-order valence-electron chi connectivity index (χ4n) is 2.60. The summed E-state index contributed by atoms with van der Waals surface area (Å²) in [4.78, 5) is 27.5. The average molecular weight is 288 g/mol. The van der Waals surface area contributed by atoms with Crippen molar-refractivity contribution in [3.05, 3.63) is 29.8 Å². The topological polar surface area (TPSA) is 40.6 Å². The van der Waals surface area contributed by atoms with E-state index < -0.39 is 0 Å². The van der Waals surface area contributed by atoms with Crippen LogP contribution in [0, 0.1) is 5.92 Å². The van der Waals surface area contributed by atoms with Gasteiger partial charge in [-0.25, -0.2) is 0 Å². The number of Topliss-reactive ketones (excluding diaryl/α,β-unsaturated/α-hetero) is 1. The number of carbonyl (C=O) groups is 2. The minimum Gasteiger partial charge on any atom is -0.368 e. The van der Waals surface area contributed by atoms with Crippen LogP contribution in [-0.2, 0) is 4.79 Å². The van der Waals surface area contributed by atoms with Crippen LogP contribution >= 0.6 is 0 Å². The van der Waals surface area contributed by atoms with E-state index in [0.29, 0.717) is 12.3 Å². The summed E-state index contributed by atoms with van der Waals surface area (Å²) in [5.74, 6) is 0.761. The van der Waals surface area contributed by atoms with Gasteiger partial charge >= 0.3 is 0 Å². The van der Waals surface area contributed by atoms with Crippen molar-refractivity contribution in [1.82, 2.24) is 4.90 Å². The molecule has 0 saturated carbocycles. The molecule has 2 rings (SSSR count). The molecule has 1 aliphatic rings. The SMILES string of the molecule is CC(=O)c1ccc(N2CCN(C(=O)CC(C)C)CC2)cc1. The second-order valence-corrected chi connectivity index (χ2v) is 6.07. The van der Waals surface area contributed by atoms with E-state index in [0.717, 1.165) is 37.4 Å². The van der Waals surface area contributed by atoms with E-state index in [1.165, 1.54) is 0 Å². The lowest BCUT2D eigenvalue weighted by molar-refractivity contribution is -0.132. The minimum atomic E-state index is 0.0886. The minimum absolute atomic E-state index is 0.0886. The standard InChI is InChI=1S/C17H24N2O2/c1-13(2)12-17(21)19-10-8-18(9-11-19)16-6-4-15(5-7-16)14(3)20/h4-7,13H,8-12H2,1-3H3. The number of hydrogen-bond donors (Lipinski definition) is 0. The number of ketones is 1.